The molecule has 5 nitrogen and oxygen atoms in total. The molecule has 1 amide bonds. The summed E-state index contributed by atoms with van der Waals surface area (Å²) in [5.74, 6) is 0.783. The average Bonchev–Trinajstić information content (AvgIpc) is 3.21. The van der Waals surface area contributed by atoms with Gasteiger partial charge in [0.05, 0.1) is 7.11 Å². The molecule has 28 heavy (non-hydrogen) atoms. The van der Waals surface area contributed by atoms with Gasteiger partial charge in [0.15, 0.2) is 0 Å². The maximum Gasteiger partial charge on any atom is 0.225 e. The number of carbonyl (C=O) groups is 1. The molecule has 0 unspecified atom stereocenters. The minimum atomic E-state index is 0.00567. The largest absolute Gasteiger partial charge is 0.497 e. The fraction of sp³-hybridized carbons (Fsp3) is 0.435. The van der Waals surface area contributed by atoms with Crippen molar-refractivity contribution < 1.29 is 9.53 Å². The molecule has 0 aromatic heterocycles. The summed E-state index contributed by atoms with van der Waals surface area (Å²) in [5, 5.41) is 6.36. The number of carbonyl (C=O) groups excluding carboxylic acids is 1. The normalized spacial score (nSPS) is 15.4. The number of methoxy groups -OCH3 is 1. The number of rotatable bonds is 9. The van der Waals surface area contributed by atoms with Crippen molar-refractivity contribution in [2.45, 2.75) is 45.3 Å². The molecule has 0 radical (unpaired) electrons. The molecule has 3 rings (SSSR count). The number of benzene rings is 2. The first-order valence-electron chi connectivity index (χ1n) is 10.1. The second-order valence-corrected chi connectivity index (χ2v) is 7.56. The second-order valence-electron chi connectivity index (χ2n) is 7.56. The highest BCUT2D eigenvalue weighted by Gasteiger charge is 2.12. The quantitative estimate of drug-likeness (QED) is 0.694. The highest BCUT2D eigenvalue weighted by molar-refractivity contribution is 5.91. The molecular weight excluding hydrogens is 350 g/mol. The highest BCUT2D eigenvalue weighted by Crippen LogP contribution is 2.16. The first-order valence-corrected chi connectivity index (χ1v) is 10.1. The molecule has 2 N–H and O–H groups in total. The van der Waals surface area contributed by atoms with Crippen LogP contribution in [-0.4, -0.2) is 37.0 Å². The molecule has 2 aromatic carbocycles. The Labute approximate surface area is 168 Å². The Balaban J connectivity index is 1.39. The van der Waals surface area contributed by atoms with E-state index in [-0.39, 0.29) is 11.9 Å². The van der Waals surface area contributed by atoms with Gasteiger partial charge in [-0.2, -0.15) is 0 Å². The van der Waals surface area contributed by atoms with E-state index in [9.17, 15) is 4.79 Å². The van der Waals surface area contributed by atoms with Gasteiger partial charge in [-0.05, 0) is 68.2 Å². The third-order valence-corrected chi connectivity index (χ3v) is 5.15. The van der Waals surface area contributed by atoms with Crippen LogP contribution in [0, 0.1) is 0 Å². The summed E-state index contributed by atoms with van der Waals surface area (Å²) >= 11 is 0. The number of anilines is 1. The summed E-state index contributed by atoms with van der Waals surface area (Å²) in [7, 11) is 1.63. The van der Waals surface area contributed by atoms with Crippen LogP contribution in [0.4, 0.5) is 5.69 Å². The van der Waals surface area contributed by atoms with Crippen molar-refractivity contribution in [1.29, 1.82) is 0 Å². The maximum atomic E-state index is 12.2. The van der Waals surface area contributed by atoms with Crippen molar-refractivity contribution in [1.82, 2.24) is 10.2 Å². The predicted octanol–water partition coefficient (Wildman–Crippen LogP) is 3.80. The second kappa shape index (κ2) is 10.2. The third-order valence-electron chi connectivity index (χ3n) is 5.15. The Hall–Kier alpha value is -2.37. The van der Waals surface area contributed by atoms with Gasteiger partial charge in [0.1, 0.15) is 5.75 Å². The summed E-state index contributed by atoms with van der Waals surface area (Å²) in [6.07, 6.45) is 3.08. The van der Waals surface area contributed by atoms with E-state index >= 15 is 0 Å². The number of amides is 1. The van der Waals surface area contributed by atoms with E-state index in [4.69, 9.17) is 4.74 Å². The number of ether oxygens (including phenoxy) is 1. The van der Waals surface area contributed by atoms with Crippen LogP contribution >= 0.6 is 0 Å². The molecule has 1 heterocycles. The van der Waals surface area contributed by atoms with Gasteiger partial charge in [0, 0.05) is 31.2 Å². The lowest BCUT2D eigenvalue weighted by atomic mass is 10.1. The SMILES string of the molecule is COc1ccc(NC(=O)C[C@H](C)NCc2ccc(CN3CCCC3)cc2)cc1. The van der Waals surface area contributed by atoms with E-state index in [1.807, 2.05) is 31.2 Å². The molecule has 0 bridgehead atoms. The fourth-order valence-electron chi connectivity index (χ4n) is 3.49. The Morgan fingerprint density at radius 3 is 2.32 bits per heavy atom. The number of nitrogens with one attached hydrogen (secondary N) is 2. The third kappa shape index (κ3) is 6.36. The topological polar surface area (TPSA) is 53.6 Å². The van der Waals surface area contributed by atoms with Gasteiger partial charge in [-0.25, -0.2) is 0 Å². The molecule has 0 spiro atoms. The molecule has 1 fully saturated rings. The van der Waals surface area contributed by atoms with Crippen LogP contribution in [0.25, 0.3) is 0 Å². The summed E-state index contributed by atoms with van der Waals surface area (Å²) in [6, 6.07) is 16.3. The number of hydrogen-bond acceptors (Lipinski definition) is 4. The highest BCUT2D eigenvalue weighted by atomic mass is 16.5. The van der Waals surface area contributed by atoms with Crippen LogP contribution in [0.15, 0.2) is 48.5 Å². The van der Waals surface area contributed by atoms with Crippen molar-refractivity contribution in [3.05, 3.63) is 59.7 Å². The number of likely N-dealkylation sites (tertiary alicyclic amines) is 1. The molecule has 150 valence electrons. The Kier molecular flexibility index (Phi) is 7.46. The molecule has 0 saturated carbocycles. The first-order chi connectivity index (χ1) is 13.6. The standard InChI is InChI=1S/C23H31N3O2/c1-18(15-23(27)25-21-9-11-22(28-2)12-10-21)24-16-19-5-7-20(8-6-19)17-26-13-3-4-14-26/h5-12,18,24H,3-4,13-17H2,1-2H3,(H,25,27)/t18-/m0/s1. The molecule has 1 atom stereocenters. The molecule has 1 aliphatic heterocycles. The monoisotopic (exact) mass is 381 g/mol. The summed E-state index contributed by atoms with van der Waals surface area (Å²) in [6.45, 7) is 6.30. The van der Waals surface area contributed by atoms with Crippen molar-refractivity contribution in [3.8, 4) is 5.75 Å². The lowest BCUT2D eigenvalue weighted by molar-refractivity contribution is -0.116. The number of nitrogens with zero attached hydrogens (tertiary/aromatic N) is 1. The predicted molar refractivity (Wildman–Crippen MR) is 113 cm³/mol. The average molecular weight is 382 g/mol. The van der Waals surface area contributed by atoms with Crippen LogP contribution in [0.2, 0.25) is 0 Å². The molecular formula is C23H31N3O2. The van der Waals surface area contributed by atoms with Crippen LogP contribution in [-0.2, 0) is 17.9 Å². The first kappa shape index (κ1) is 20.4. The van der Waals surface area contributed by atoms with Crippen LogP contribution in [0.3, 0.4) is 0 Å². The van der Waals surface area contributed by atoms with Crippen molar-refractivity contribution in [2.24, 2.45) is 0 Å². The molecule has 5 heteroatoms. The van der Waals surface area contributed by atoms with Crippen molar-refractivity contribution >= 4 is 11.6 Å². The van der Waals surface area contributed by atoms with E-state index < -0.39 is 0 Å². The number of hydrogen-bond donors (Lipinski definition) is 2. The zero-order valence-electron chi connectivity index (χ0n) is 16.9. The van der Waals surface area contributed by atoms with Gasteiger partial charge < -0.3 is 15.4 Å². The lowest BCUT2D eigenvalue weighted by Gasteiger charge is -2.16. The zero-order chi connectivity index (χ0) is 19.8. The molecule has 1 aliphatic rings. The lowest BCUT2D eigenvalue weighted by Crippen LogP contribution is -2.30. The van der Waals surface area contributed by atoms with Crippen molar-refractivity contribution in [3.63, 3.8) is 0 Å². The zero-order valence-corrected chi connectivity index (χ0v) is 16.9. The van der Waals surface area contributed by atoms with Crippen LogP contribution in [0.1, 0.15) is 37.3 Å². The van der Waals surface area contributed by atoms with Crippen LogP contribution < -0.4 is 15.4 Å². The van der Waals surface area contributed by atoms with Gasteiger partial charge in [0.25, 0.3) is 0 Å². The summed E-state index contributed by atoms with van der Waals surface area (Å²) in [5.41, 5.74) is 3.40. The van der Waals surface area contributed by atoms with E-state index in [1.165, 1.54) is 37.1 Å². The maximum absolute atomic E-state index is 12.2. The Bertz CT molecular complexity index is 737. The van der Waals surface area contributed by atoms with Gasteiger partial charge in [-0.15, -0.1) is 0 Å². The van der Waals surface area contributed by atoms with Gasteiger partial charge in [-0.1, -0.05) is 24.3 Å². The van der Waals surface area contributed by atoms with E-state index in [0.717, 1.165) is 24.5 Å². The van der Waals surface area contributed by atoms with E-state index in [1.54, 1.807) is 7.11 Å². The van der Waals surface area contributed by atoms with E-state index in [2.05, 4.69) is 39.8 Å². The smallest absolute Gasteiger partial charge is 0.225 e. The molecule has 1 saturated heterocycles. The summed E-state index contributed by atoms with van der Waals surface area (Å²) < 4.78 is 5.13. The minimum Gasteiger partial charge on any atom is -0.497 e. The van der Waals surface area contributed by atoms with Gasteiger partial charge in [0.2, 0.25) is 5.91 Å². The Morgan fingerprint density at radius 1 is 1.04 bits per heavy atom. The molecule has 0 aliphatic carbocycles. The van der Waals surface area contributed by atoms with Crippen LogP contribution in [0.5, 0.6) is 5.75 Å². The Morgan fingerprint density at radius 2 is 1.68 bits per heavy atom. The summed E-state index contributed by atoms with van der Waals surface area (Å²) in [4.78, 5) is 14.7. The van der Waals surface area contributed by atoms with Crippen molar-refractivity contribution in [2.75, 3.05) is 25.5 Å². The van der Waals surface area contributed by atoms with Gasteiger partial charge in [-0.3, -0.25) is 9.69 Å². The molecule has 2 aromatic rings. The minimum absolute atomic E-state index is 0.00567. The fourth-order valence-corrected chi connectivity index (χ4v) is 3.49. The van der Waals surface area contributed by atoms with Gasteiger partial charge >= 0.3 is 0 Å². The van der Waals surface area contributed by atoms with E-state index in [0.29, 0.717) is 6.42 Å².